The van der Waals surface area contributed by atoms with Crippen molar-refractivity contribution in [3.05, 3.63) is 250 Å². The van der Waals surface area contributed by atoms with Crippen molar-refractivity contribution in [3.63, 3.8) is 0 Å². The number of hydrogen-bond donors (Lipinski definition) is 0. The normalized spacial score (nSPS) is 13.9. The number of ether oxygens (including phenoxy) is 7. The van der Waals surface area contributed by atoms with Crippen LogP contribution in [-0.4, -0.2) is 41.8 Å². The molecule has 14 heteroatoms. The molecule has 0 bridgehead atoms. The lowest BCUT2D eigenvalue weighted by Gasteiger charge is -2.27. The molecule has 0 radical (unpaired) electrons. The smallest absolute Gasteiger partial charge is 0.312 e. The maximum Gasteiger partial charge on any atom is 0.312 e. The first-order valence-corrected chi connectivity index (χ1v) is 45.6. The maximum atomic E-state index is 12.2. The Hall–Kier alpha value is -9.17. The van der Waals surface area contributed by atoms with Gasteiger partial charge in [0.2, 0.25) is 0 Å². The highest BCUT2D eigenvalue weighted by Gasteiger charge is 2.35. The van der Waals surface area contributed by atoms with Gasteiger partial charge in [-0.1, -0.05) is 388 Å². The summed E-state index contributed by atoms with van der Waals surface area (Å²) in [5.74, 6) is 0.268. The number of carbonyl (C=O) groups is 7. The van der Waals surface area contributed by atoms with Gasteiger partial charge in [0.1, 0.15) is 42.7 Å². The number of benzene rings is 7. The molecule has 0 aromatic heterocycles. The van der Waals surface area contributed by atoms with Gasteiger partial charge >= 0.3 is 41.8 Å². The fraction of sp³-hybridized carbons (Fsp3) is 0.570. The summed E-state index contributed by atoms with van der Waals surface area (Å²) in [6.07, 6.45) is 13.4. The number of aryl methyl sites for hydroxylation is 2. The molecule has 1 saturated carbocycles. The average molecular weight is 1780 g/mol. The number of hydrogen-bond acceptors (Lipinski definition) is 14. The molecule has 0 aliphatic heterocycles. The van der Waals surface area contributed by atoms with Crippen LogP contribution in [0.25, 0.3) is 0 Å². The molecule has 0 spiro atoms. The van der Waals surface area contributed by atoms with Gasteiger partial charge in [-0.25, -0.2) is 0 Å². The molecule has 1 fully saturated rings. The fourth-order valence-electron chi connectivity index (χ4n) is 12.5. The predicted molar refractivity (Wildman–Crippen MR) is 540 cm³/mol. The molecule has 11 unspecified atom stereocenters. The summed E-state index contributed by atoms with van der Waals surface area (Å²) in [4.78, 5) is 83.7. The van der Waals surface area contributed by atoms with Crippen LogP contribution in [0.2, 0.25) is 0 Å². The molecule has 0 amide bonds. The SMILES string of the molecule is C.C.C.C.C.C.CCC(C)(C)C(=O)OC(C)c1ccccc1C.CCC(C)(C)C(=O)OC(c1ccccc1)C(C)C.CCC(C)C(=O)OC(C)c1ccccc1C.CCC(C)C(=O)OC(c1ccccc1)C(C)C.CCC(C)C(=O)OC(c1ccccc1)C1CCCC1.CCCC(OC(=O)C(C)(C)CC)c1ccccc1.CCCC(OC(=O)C(C)CC)c1ccccc1. The molecule has 11 atom stereocenters. The maximum absolute atomic E-state index is 12.2. The summed E-state index contributed by atoms with van der Waals surface area (Å²) in [5.41, 5.74) is 8.70. The Morgan fingerprint density at radius 1 is 0.305 bits per heavy atom. The van der Waals surface area contributed by atoms with Crippen LogP contribution in [0.3, 0.4) is 0 Å². The number of carbonyl (C=O) groups excluding carboxylic acids is 7. The zero-order chi connectivity index (χ0) is 91.7. The van der Waals surface area contributed by atoms with Crippen LogP contribution in [0.1, 0.15) is 407 Å². The van der Waals surface area contributed by atoms with E-state index in [4.69, 9.17) is 33.2 Å². The van der Waals surface area contributed by atoms with Gasteiger partial charge in [0.15, 0.2) is 0 Å². The molecule has 1 aliphatic carbocycles. The summed E-state index contributed by atoms with van der Waals surface area (Å²) < 4.78 is 39.4. The first kappa shape index (κ1) is 127. The van der Waals surface area contributed by atoms with Crippen LogP contribution < -0.4 is 0 Å². The topological polar surface area (TPSA) is 184 Å². The Balaban J connectivity index is -0.000000456. The van der Waals surface area contributed by atoms with Crippen molar-refractivity contribution in [1.29, 1.82) is 0 Å². The van der Waals surface area contributed by atoms with E-state index in [0.717, 1.165) is 121 Å². The molecule has 722 valence electrons. The number of esters is 7. The molecule has 7 aromatic rings. The molecule has 8 rings (SSSR count). The molecule has 128 heavy (non-hydrogen) atoms. The Bertz CT molecular complexity index is 4030. The third-order valence-electron chi connectivity index (χ3n) is 23.3. The van der Waals surface area contributed by atoms with E-state index in [2.05, 4.69) is 53.7 Å². The lowest BCUT2D eigenvalue weighted by Crippen LogP contribution is -2.28. The summed E-state index contributed by atoms with van der Waals surface area (Å²) in [7, 11) is 0. The highest BCUT2D eigenvalue weighted by Crippen LogP contribution is 2.40. The predicted octanol–water partition coefficient (Wildman–Crippen LogP) is 33.0. The summed E-state index contributed by atoms with van der Waals surface area (Å²) in [6, 6.07) is 66.0. The lowest BCUT2D eigenvalue weighted by molar-refractivity contribution is -0.163. The fourth-order valence-corrected chi connectivity index (χ4v) is 12.5. The summed E-state index contributed by atoms with van der Waals surface area (Å²) >= 11 is 0. The van der Waals surface area contributed by atoms with Crippen molar-refractivity contribution in [2.24, 2.45) is 57.7 Å². The molecular formula is C114H182O14. The molecule has 14 nitrogen and oxygen atoms in total. The van der Waals surface area contributed by atoms with Gasteiger partial charge in [-0.15, -0.1) is 0 Å². The monoisotopic (exact) mass is 1780 g/mol. The first-order chi connectivity index (χ1) is 57.8. The van der Waals surface area contributed by atoms with Gasteiger partial charge < -0.3 is 33.2 Å². The average Bonchev–Trinajstić information content (AvgIpc) is 1.80. The van der Waals surface area contributed by atoms with Gasteiger partial charge in [-0.2, -0.15) is 0 Å². The van der Waals surface area contributed by atoms with E-state index < -0.39 is 16.2 Å². The van der Waals surface area contributed by atoms with Crippen LogP contribution >= 0.6 is 0 Å². The van der Waals surface area contributed by atoms with E-state index in [9.17, 15) is 33.6 Å². The Morgan fingerprint density at radius 2 is 0.562 bits per heavy atom. The van der Waals surface area contributed by atoms with Crippen molar-refractivity contribution >= 4 is 41.8 Å². The van der Waals surface area contributed by atoms with Crippen molar-refractivity contribution in [3.8, 4) is 0 Å². The van der Waals surface area contributed by atoms with Gasteiger partial charge in [0, 0.05) is 5.92 Å². The van der Waals surface area contributed by atoms with E-state index in [0.29, 0.717) is 5.92 Å². The molecule has 0 heterocycles. The largest absolute Gasteiger partial charge is 0.458 e. The van der Waals surface area contributed by atoms with Gasteiger partial charge in [-0.3, -0.25) is 33.6 Å². The Labute approximate surface area is 782 Å². The van der Waals surface area contributed by atoms with Crippen molar-refractivity contribution < 1.29 is 66.7 Å². The zero-order valence-corrected chi connectivity index (χ0v) is 80.0. The highest BCUT2D eigenvalue weighted by molar-refractivity contribution is 5.78. The Morgan fingerprint density at radius 3 is 0.875 bits per heavy atom. The number of rotatable bonds is 35. The van der Waals surface area contributed by atoms with Crippen LogP contribution in [0.5, 0.6) is 0 Å². The quantitative estimate of drug-likeness (QED) is 0.0270. The molecule has 0 N–H and O–H groups in total. The van der Waals surface area contributed by atoms with E-state index in [-0.39, 0.29) is 165 Å². The van der Waals surface area contributed by atoms with Gasteiger partial charge in [0.25, 0.3) is 0 Å². The van der Waals surface area contributed by atoms with E-state index in [1.54, 1.807) is 0 Å². The summed E-state index contributed by atoms with van der Waals surface area (Å²) in [6.45, 7) is 53.7. The second-order valence-corrected chi connectivity index (χ2v) is 35.3. The van der Waals surface area contributed by atoms with E-state index in [1.165, 1.54) is 25.7 Å². The van der Waals surface area contributed by atoms with Crippen molar-refractivity contribution in [1.82, 2.24) is 0 Å². The zero-order valence-electron chi connectivity index (χ0n) is 80.0. The lowest BCUT2D eigenvalue weighted by atomic mass is 9.90. The van der Waals surface area contributed by atoms with Gasteiger partial charge in [-0.05, 0) is 202 Å². The summed E-state index contributed by atoms with van der Waals surface area (Å²) in [5, 5.41) is 0. The second-order valence-electron chi connectivity index (χ2n) is 35.3. The van der Waals surface area contributed by atoms with Crippen LogP contribution in [0.15, 0.2) is 200 Å². The third kappa shape index (κ3) is 45.9. The van der Waals surface area contributed by atoms with Crippen molar-refractivity contribution in [2.75, 3.05) is 0 Å². The second kappa shape index (κ2) is 68.0. The minimum atomic E-state index is -0.415. The minimum Gasteiger partial charge on any atom is -0.458 e. The van der Waals surface area contributed by atoms with Crippen molar-refractivity contribution in [2.45, 2.75) is 371 Å². The first-order valence-electron chi connectivity index (χ1n) is 45.6. The minimum absolute atomic E-state index is 0. The van der Waals surface area contributed by atoms with Crippen LogP contribution in [0, 0.1) is 71.5 Å². The third-order valence-corrected chi connectivity index (χ3v) is 23.3. The van der Waals surface area contributed by atoms with E-state index >= 15 is 0 Å². The van der Waals surface area contributed by atoms with Crippen LogP contribution in [0.4, 0.5) is 0 Å². The molecule has 7 aromatic carbocycles. The standard InChI is InChI=1S/C17H24O2.2C16H24O2.3C15H22O2.C14H20O2.6CH4/c1-3-13(2)17(18)19-16(15-11-7-8-12-15)14-9-5-4-6-10-14;1-6-16(4,5)15(17)18-14(12(2)3)13-10-8-7-9-11-13;1-5-10-14(13-11-8-7-9-12-13)18-15(17)16(3,4)6-2;1-6-15(4,5)14(16)17-12(3)13-10-8-7-9-11(13)2;1-5-12(4)15(16)17-14(11(2)3)13-9-7-6-8-10-13;1-4-9-14(13-10-7-6-8-11-13)17-15(16)12(3)5-2;1-5-10(2)14(15)16-12(4)13-9-7-6-8-11(13)3;;;;;;/h4-6,9-10,13,15-16H,3,7-8,11-12H2,1-2H3;7-12,14H,6H2,1-5H3;7-9,11-12,14H,5-6,10H2,1-4H3;7-10,12H,6H2,1-5H3;6-12,14H,5H2,1-4H3;6-8,10-12,14H,4-5,9H2,1-3H3;6-10,12H,5H2,1-4H3;6*1H4. The van der Waals surface area contributed by atoms with Crippen LogP contribution in [-0.2, 0) is 66.7 Å². The Kier molecular flexibility index (Phi) is 67.6. The van der Waals surface area contributed by atoms with E-state index in [1.807, 2.05) is 333 Å². The van der Waals surface area contributed by atoms with Gasteiger partial charge in [0.05, 0.1) is 39.9 Å². The molecular weight excluding hydrogens is 1590 g/mol. The highest BCUT2D eigenvalue weighted by atomic mass is 16.6. The molecule has 1 aliphatic rings. The molecule has 0 saturated heterocycles.